The second-order valence-corrected chi connectivity index (χ2v) is 4.87. The molecule has 2 heterocycles. The predicted octanol–water partition coefficient (Wildman–Crippen LogP) is 1.95. The number of pyridine rings is 1. The van der Waals surface area contributed by atoms with Crippen molar-refractivity contribution in [2.75, 3.05) is 0 Å². The molecule has 0 saturated carbocycles. The standard InChI is InChI=1S/C15H14N2O3/c1-9-4-3-5-10(2)11(9)8-17-7-6-12-13(14(17)18)16-15(19)20-12/h3-7H,8H2,1-2H3,(H,16,19). The molecule has 102 valence electrons. The van der Waals surface area contributed by atoms with Crippen molar-refractivity contribution in [3.05, 3.63) is 68.1 Å². The highest BCUT2D eigenvalue weighted by Crippen LogP contribution is 2.14. The summed E-state index contributed by atoms with van der Waals surface area (Å²) >= 11 is 0. The van der Waals surface area contributed by atoms with E-state index in [1.54, 1.807) is 16.8 Å². The number of hydrogen-bond acceptors (Lipinski definition) is 3. The third kappa shape index (κ3) is 1.97. The van der Waals surface area contributed by atoms with Crippen LogP contribution in [0.4, 0.5) is 0 Å². The van der Waals surface area contributed by atoms with Crippen molar-refractivity contribution < 1.29 is 4.42 Å². The van der Waals surface area contributed by atoms with E-state index in [9.17, 15) is 9.59 Å². The van der Waals surface area contributed by atoms with Gasteiger partial charge in [0.25, 0.3) is 5.56 Å². The molecule has 3 rings (SSSR count). The minimum Gasteiger partial charge on any atom is -0.408 e. The summed E-state index contributed by atoms with van der Waals surface area (Å²) in [6, 6.07) is 7.66. The first-order chi connectivity index (χ1) is 9.56. The molecule has 0 aliphatic rings. The van der Waals surface area contributed by atoms with Gasteiger partial charge in [0.15, 0.2) is 11.1 Å². The van der Waals surface area contributed by atoms with Gasteiger partial charge in [-0.15, -0.1) is 0 Å². The molecule has 5 nitrogen and oxygen atoms in total. The molecule has 0 bridgehead atoms. The Morgan fingerprint density at radius 3 is 2.55 bits per heavy atom. The predicted molar refractivity (Wildman–Crippen MR) is 76.1 cm³/mol. The summed E-state index contributed by atoms with van der Waals surface area (Å²) < 4.78 is 6.45. The van der Waals surface area contributed by atoms with Gasteiger partial charge in [-0.05, 0) is 36.6 Å². The van der Waals surface area contributed by atoms with Crippen molar-refractivity contribution in [2.45, 2.75) is 20.4 Å². The number of aromatic nitrogens is 2. The van der Waals surface area contributed by atoms with E-state index in [0.29, 0.717) is 6.54 Å². The van der Waals surface area contributed by atoms with Gasteiger partial charge in [0.1, 0.15) is 0 Å². The van der Waals surface area contributed by atoms with Crippen LogP contribution < -0.4 is 11.3 Å². The Morgan fingerprint density at radius 1 is 1.15 bits per heavy atom. The number of aryl methyl sites for hydroxylation is 2. The zero-order valence-electron chi connectivity index (χ0n) is 11.3. The molecule has 0 fully saturated rings. The van der Waals surface area contributed by atoms with Crippen molar-refractivity contribution in [1.29, 1.82) is 0 Å². The summed E-state index contributed by atoms with van der Waals surface area (Å²) in [4.78, 5) is 25.9. The topological polar surface area (TPSA) is 68.0 Å². The lowest BCUT2D eigenvalue weighted by Crippen LogP contribution is -2.21. The number of benzene rings is 1. The van der Waals surface area contributed by atoms with Crippen LogP contribution in [0.5, 0.6) is 0 Å². The third-order valence-electron chi connectivity index (χ3n) is 3.53. The van der Waals surface area contributed by atoms with Crippen LogP contribution in [0.3, 0.4) is 0 Å². The van der Waals surface area contributed by atoms with Crippen LogP contribution in [-0.2, 0) is 6.54 Å². The number of fused-ring (bicyclic) bond motifs is 1. The molecule has 0 aliphatic carbocycles. The Hall–Kier alpha value is -2.56. The molecule has 0 aliphatic heterocycles. The lowest BCUT2D eigenvalue weighted by atomic mass is 10.0. The summed E-state index contributed by atoms with van der Waals surface area (Å²) in [5.41, 5.74) is 3.63. The Balaban J connectivity index is 2.14. The molecule has 0 unspecified atom stereocenters. The lowest BCUT2D eigenvalue weighted by Gasteiger charge is -2.11. The molecule has 0 spiro atoms. The fourth-order valence-electron chi connectivity index (χ4n) is 2.38. The highest BCUT2D eigenvalue weighted by molar-refractivity contribution is 5.70. The minimum atomic E-state index is -0.609. The zero-order chi connectivity index (χ0) is 14.3. The van der Waals surface area contributed by atoms with Crippen LogP contribution in [0.1, 0.15) is 16.7 Å². The average Bonchev–Trinajstić information content (AvgIpc) is 2.78. The van der Waals surface area contributed by atoms with Crippen molar-refractivity contribution >= 4 is 11.1 Å². The lowest BCUT2D eigenvalue weighted by molar-refractivity contribution is 0.555. The number of rotatable bonds is 2. The summed E-state index contributed by atoms with van der Waals surface area (Å²) in [5, 5.41) is 0. The Labute approximate surface area is 114 Å². The second kappa shape index (κ2) is 4.52. The molecule has 0 radical (unpaired) electrons. The van der Waals surface area contributed by atoms with Gasteiger partial charge >= 0.3 is 5.76 Å². The smallest absolute Gasteiger partial charge is 0.408 e. The first-order valence-electron chi connectivity index (χ1n) is 6.33. The largest absolute Gasteiger partial charge is 0.417 e. The van der Waals surface area contributed by atoms with Crippen LogP contribution in [0, 0.1) is 13.8 Å². The van der Waals surface area contributed by atoms with Gasteiger partial charge in [-0.3, -0.25) is 9.78 Å². The zero-order valence-corrected chi connectivity index (χ0v) is 11.3. The number of hydrogen-bond donors (Lipinski definition) is 1. The Kier molecular flexibility index (Phi) is 2.82. The van der Waals surface area contributed by atoms with Gasteiger partial charge in [-0.2, -0.15) is 0 Å². The Morgan fingerprint density at radius 2 is 1.85 bits per heavy atom. The monoisotopic (exact) mass is 270 g/mol. The van der Waals surface area contributed by atoms with Crippen LogP contribution in [0.25, 0.3) is 11.1 Å². The summed E-state index contributed by atoms with van der Waals surface area (Å²) in [5.74, 6) is -0.609. The normalized spacial score (nSPS) is 11.1. The fraction of sp³-hybridized carbons (Fsp3) is 0.200. The van der Waals surface area contributed by atoms with Gasteiger partial charge in [0.2, 0.25) is 0 Å². The SMILES string of the molecule is Cc1cccc(C)c1Cn1ccc2oc(=O)[nH]c2c1=O. The molecular formula is C15H14N2O3. The molecule has 1 N–H and O–H groups in total. The summed E-state index contributed by atoms with van der Waals surface area (Å²) in [6.45, 7) is 4.51. The third-order valence-corrected chi connectivity index (χ3v) is 3.53. The van der Waals surface area contributed by atoms with Gasteiger partial charge in [0, 0.05) is 6.20 Å². The van der Waals surface area contributed by atoms with Crippen LogP contribution in [0.2, 0.25) is 0 Å². The first kappa shape index (κ1) is 12.5. The fourth-order valence-corrected chi connectivity index (χ4v) is 2.38. The van der Waals surface area contributed by atoms with Gasteiger partial charge in [-0.25, -0.2) is 4.79 Å². The molecule has 0 atom stereocenters. The van der Waals surface area contributed by atoms with Crippen LogP contribution >= 0.6 is 0 Å². The van der Waals surface area contributed by atoms with E-state index in [0.717, 1.165) is 16.7 Å². The number of nitrogens with zero attached hydrogens (tertiary/aromatic N) is 1. The van der Waals surface area contributed by atoms with Crippen molar-refractivity contribution in [3.8, 4) is 0 Å². The summed E-state index contributed by atoms with van der Waals surface area (Å²) in [7, 11) is 0. The van der Waals surface area contributed by atoms with E-state index in [4.69, 9.17) is 4.42 Å². The van der Waals surface area contributed by atoms with Crippen LogP contribution in [-0.4, -0.2) is 9.55 Å². The first-order valence-corrected chi connectivity index (χ1v) is 6.33. The molecule has 20 heavy (non-hydrogen) atoms. The van der Waals surface area contributed by atoms with Crippen molar-refractivity contribution in [1.82, 2.24) is 9.55 Å². The highest BCUT2D eigenvalue weighted by atomic mass is 16.4. The molecule has 0 amide bonds. The molecular weight excluding hydrogens is 256 g/mol. The second-order valence-electron chi connectivity index (χ2n) is 4.87. The van der Waals surface area contributed by atoms with E-state index in [1.165, 1.54) is 0 Å². The highest BCUT2D eigenvalue weighted by Gasteiger charge is 2.10. The van der Waals surface area contributed by atoms with Crippen molar-refractivity contribution in [3.63, 3.8) is 0 Å². The molecule has 3 aromatic rings. The van der Waals surface area contributed by atoms with E-state index in [2.05, 4.69) is 4.98 Å². The molecule has 0 saturated heterocycles. The molecule has 2 aromatic heterocycles. The molecule has 1 aromatic carbocycles. The Bertz CT molecular complexity index is 879. The van der Waals surface area contributed by atoms with Crippen molar-refractivity contribution in [2.24, 2.45) is 0 Å². The number of H-pyrrole nitrogens is 1. The summed E-state index contributed by atoms with van der Waals surface area (Å²) in [6.07, 6.45) is 1.65. The van der Waals surface area contributed by atoms with E-state index >= 15 is 0 Å². The minimum absolute atomic E-state index is 0.212. The number of nitrogens with one attached hydrogen (secondary N) is 1. The van der Waals surface area contributed by atoms with Gasteiger partial charge < -0.3 is 8.98 Å². The van der Waals surface area contributed by atoms with E-state index < -0.39 is 5.76 Å². The van der Waals surface area contributed by atoms with E-state index in [-0.39, 0.29) is 16.7 Å². The maximum absolute atomic E-state index is 12.3. The maximum atomic E-state index is 12.3. The average molecular weight is 270 g/mol. The van der Waals surface area contributed by atoms with Gasteiger partial charge in [-0.1, -0.05) is 18.2 Å². The number of aromatic amines is 1. The molecule has 5 heteroatoms. The van der Waals surface area contributed by atoms with E-state index in [1.807, 2.05) is 32.0 Å². The number of oxazole rings is 1. The van der Waals surface area contributed by atoms with Crippen LogP contribution in [0.15, 0.2) is 44.5 Å². The maximum Gasteiger partial charge on any atom is 0.417 e. The quantitative estimate of drug-likeness (QED) is 0.773. The van der Waals surface area contributed by atoms with Gasteiger partial charge in [0.05, 0.1) is 6.54 Å².